The molecule has 0 aliphatic rings. The summed E-state index contributed by atoms with van der Waals surface area (Å²) in [5.74, 6) is 3.93. The molecule has 0 nitrogen and oxygen atoms in total. The van der Waals surface area contributed by atoms with E-state index in [0.717, 1.165) is 0 Å². The maximum absolute atomic E-state index is 2.22. The Hall–Kier alpha value is 1.05. The van der Waals surface area contributed by atoms with Gasteiger partial charge >= 0.3 is 0 Å². The highest BCUT2D eigenvalue weighted by molar-refractivity contribution is 8.76. The average Bonchev–Trinajstić information content (AvgIpc) is 2.15. The fourth-order valence-corrected chi connectivity index (χ4v) is 3.17. The van der Waals surface area contributed by atoms with E-state index in [1.165, 1.54) is 36.5 Å². The molecule has 0 unspecified atom stereocenters. The van der Waals surface area contributed by atoms with Crippen LogP contribution in [0.1, 0.15) is 40.0 Å². The standard InChI is InChI=1S/C6H14S2.C4H10S/c1-3-5-7-8-6-4-2;1-3-4-5-2/h3-6H2,1-2H3;3-4H2,1-2H3. The van der Waals surface area contributed by atoms with Crippen molar-refractivity contribution in [2.45, 2.75) is 40.0 Å². The van der Waals surface area contributed by atoms with Crippen LogP contribution >= 0.6 is 33.3 Å². The van der Waals surface area contributed by atoms with E-state index in [9.17, 15) is 0 Å². The van der Waals surface area contributed by atoms with Crippen LogP contribution in [0.5, 0.6) is 0 Å². The summed E-state index contributed by atoms with van der Waals surface area (Å²) in [6.07, 6.45) is 6.05. The number of hydrogen-bond acceptors (Lipinski definition) is 3. The fraction of sp³-hybridized carbons (Fsp3) is 1.00. The van der Waals surface area contributed by atoms with Crippen LogP contribution < -0.4 is 0 Å². The number of thioether (sulfide) groups is 1. The summed E-state index contributed by atoms with van der Waals surface area (Å²) in [5.41, 5.74) is 0. The van der Waals surface area contributed by atoms with Crippen molar-refractivity contribution in [3.8, 4) is 0 Å². The largest absolute Gasteiger partial charge is 0.165 e. The van der Waals surface area contributed by atoms with Crippen LogP contribution in [0.2, 0.25) is 0 Å². The highest BCUT2D eigenvalue weighted by atomic mass is 33.1. The molecule has 0 spiro atoms. The van der Waals surface area contributed by atoms with Crippen molar-refractivity contribution in [2.24, 2.45) is 0 Å². The molecule has 0 bridgehead atoms. The quantitative estimate of drug-likeness (QED) is 0.456. The Labute approximate surface area is 96.8 Å². The van der Waals surface area contributed by atoms with Gasteiger partial charge in [-0.1, -0.05) is 42.4 Å². The highest BCUT2D eigenvalue weighted by Gasteiger charge is 1.83. The molecule has 0 fully saturated rings. The van der Waals surface area contributed by atoms with Gasteiger partial charge in [-0.05, 0) is 31.3 Å². The van der Waals surface area contributed by atoms with Gasteiger partial charge in [-0.3, -0.25) is 0 Å². The Morgan fingerprint density at radius 3 is 1.23 bits per heavy atom. The molecule has 82 valence electrons. The van der Waals surface area contributed by atoms with Gasteiger partial charge < -0.3 is 0 Å². The lowest BCUT2D eigenvalue weighted by molar-refractivity contribution is 1.11. The molecule has 0 aromatic heterocycles. The van der Waals surface area contributed by atoms with E-state index in [-0.39, 0.29) is 0 Å². The van der Waals surface area contributed by atoms with Gasteiger partial charge in [0.2, 0.25) is 0 Å². The van der Waals surface area contributed by atoms with Crippen LogP contribution in [-0.4, -0.2) is 23.5 Å². The van der Waals surface area contributed by atoms with Crippen molar-refractivity contribution in [3.05, 3.63) is 0 Å². The van der Waals surface area contributed by atoms with E-state index < -0.39 is 0 Å². The molecule has 0 rings (SSSR count). The van der Waals surface area contributed by atoms with Gasteiger partial charge in [0.1, 0.15) is 0 Å². The second-order valence-electron chi connectivity index (χ2n) is 2.64. The van der Waals surface area contributed by atoms with E-state index in [4.69, 9.17) is 0 Å². The van der Waals surface area contributed by atoms with Gasteiger partial charge in [-0.2, -0.15) is 11.8 Å². The van der Waals surface area contributed by atoms with Crippen molar-refractivity contribution in [1.29, 1.82) is 0 Å². The van der Waals surface area contributed by atoms with Crippen LogP contribution in [0, 0.1) is 0 Å². The molecule has 3 heteroatoms. The van der Waals surface area contributed by atoms with Gasteiger partial charge in [-0.15, -0.1) is 0 Å². The van der Waals surface area contributed by atoms with Crippen LogP contribution in [0.4, 0.5) is 0 Å². The van der Waals surface area contributed by atoms with Gasteiger partial charge in [-0.25, -0.2) is 0 Å². The first kappa shape index (κ1) is 16.5. The van der Waals surface area contributed by atoms with Gasteiger partial charge in [0.05, 0.1) is 0 Å². The van der Waals surface area contributed by atoms with E-state index in [1.807, 2.05) is 33.3 Å². The maximum atomic E-state index is 2.22. The van der Waals surface area contributed by atoms with Crippen molar-refractivity contribution in [2.75, 3.05) is 23.5 Å². The van der Waals surface area contributed by atoms with Crippen LogP contribution in [-0.2, 0) is 0 Å². The third-order valence-electron chi connectivity index (χ3n) is 1.07. The van der Waals surface area contributed by atoms with Gasteiger partial charge in [0.25, 0.3) is 0 Å². The van der Waals surface area contributed by atoms with Gasteiger partial charge in [0, 0.05) is 11.5 Å². The molecular formula is C10H24S3. The lowest BCUT2D eigenvalue weighted by atomic mass is 10.6. The number of rotatable bonds is 7. The zero-order valence-corrected chi connectivity index (χ0v) is 11.9. The van der Waals surface area contributed by atoms with E-state index in [0.29, 0.717) is 0 Å². The average molecular weight is 241 g/mol. The third-order valence-corrected chi connectivity index (χ3v) is 4.70. The van der Waals surface area contributed by atoms with Crippen molar-refractivity contribution < 1.29 is 0 Å². The minimum Gasteiger partial charge on any atom is -0.165 e. The second-order valence-corrected chi connectivity index (χ2v) is 6.32. The Morgan fingerprint density at radius 1 is 0.692 bits per heavy atom. The second kappa shape index (κ2) is 18.8. The van der Waals surface area contributed by atoms with Gasteiger partial charge in [0.15, 0.2) is 0 Å². The van der Waals surface area contributed by atoms with E-state index >= 15 is 0 Å². The van der Waals surface area contributed by atoms with Crippen LogP contribution in [0.25, 0.3) is 0 Å². The zero-order valence-electron chi connectivity index (χ0n) is 9.47. The summed E-state index contributed by atoms with van der Waals surface area (Å²) in [6.45, 7) is 6.63. The Bertz CT molecular complexity index is 59.2. The molecule has 13 heavy (non-hydrogen) atoms. The van der Waals surface area contributed by atoms with Crippen molar-refractivity contribution in [3.63, 3.8) is 0 Å². The topological polar surface area (TPSA) is 0 Å². The Kier molecular flexibility index (Phi) is 23.8. The lowest BCUT2D eigenvalue weighted by Gasteiger charge is -1.93. The Balaban J connectivity index is 0. The van der Waals surface area contributed by atoms with Crippen molar-refractivity contribution >= 4 is 33.3 Å². The SMILES string of the molecule is CCCSC.CCCSSCCC. The molecule has 0 N–H and O–H groups in total. The highest BCUT2D eigenvalue weighted by Crippen LogP contribution is 2.21. The normalized spacial score (nSPS) is 9.23. The molecular weight excluding hydrogens is 216 g/mol. The number of hydrogen-bond donors (Lipinski definition) is 0. The summed E-state index contributed by atoms with van der Waals surface area (Å²) in [6, 6.07) is 0. The van der Waals surface area contributed by atoms with Crippen LogP contribution in [0.15, 0.2) is 0 Å². The lowest BCUT2D eigenvalue weighted by Crippen LogP contribution is -1.70. The summed E-state index contributed by atoms with van der Waals surface area (Å²) in [5, 5.41) is 0. The molecule has 0 amide bonds. The van der Waals surface area contributed by atoms with E-state index in [2.05, 4.69) is 27.0 Å². The molecule has 0 aromatic rings. The predicted molar refractivity (Wildman–Crippen MR) is 74.2 cm³/mol. The molecule has 0 aliphatic carbocycles. The van der Waals surface area contributed by atoms with Crippen LogP contribution in [0.3, 0.4) is 0 Å². The van der Waals surface area contributed by atoms with E-state index in [1.54, 1.807) is 0 Å². The van der Waals surface area contributed by atoms with Crippen molar-refractivity contribution in [1.82, 2.24) is 0 Å². The minimum absolute atomic E-state index is 1.31. The Morgan fingerprint density at radius 2 is 1.08 bits per heavy atom. The first-order valence-corrected chi connectivity index (χ1v) is 8.94. The fourth-order valence-electron chi connectivity index (χ4n) is 0.489. The zero-order chi connectivity index (χ0) is 10.4. The molecule has 0 aromatic carbocycles. The summed E-state index contributed by atoms with van der Waals surface area (Å²) >= 11 is 1.90. The molecule has 0 saturated heterocycles. The monoisotopic (exact) mass is 240 g/mol. The molecule has 0 aliphatic heterocycles. The molecule has 0 heterocycles. The third kappa shape index (κ3) is 24.6. The smallest absolute Gasteiger partial charge is 0.00343 e. The maximum Gasteiger partial charge on any atom is 0.00343 e. The summed E-state index contributed by atoms with van der Waals surface area (Å²) in [4.78, 5) is 0. The molecule has 0 atom stereocenters. The summed E-state index contributed by atoms with van der Waals surface area (Å²) < 4.78 is 0. The molecule has 0 radical (unpaired) electrons. The first-order chi connectivity index (χ1) is 6.33. The summed E-state index contributed by atoms with van der Waals surface area (Å²) in [7, 11) is 3.99. The minimum atomic E-state index is 1.31. The predicted octanol–water partition coefficient (Wildman–Crippen LogP) is 4.95. The first-order valence-electron chi connectivity index (χ1n) is 5.06. The molecule has 0 saturated carbocycles.